The fourth-order valence-corrected chi connectivity index (χ4v) is 4.25. The predicted molar refractivity (Wildman–Crippen MR) is 118 cm³/mol. The van der Waals surface area contributed by atoms with E-state index in [2.05, 4.69) is 25.0 Å². The number of rotatable bonds is 6. The number of pyridine rings is 2. The van der Waals surface area contributed by atoms with E-state index in [0.717, 1.165) is 48.9 Å². The second kappa shape index (κ2) is 8.57. The van der Waals surface area contributed by atoms with Gasteiger partial charge in [-0.1, -0.05) is 0 Å². The summed E-state index contributed by atoms with van der Waals surface area (Å²) in [6, 6.07) is 3.85. The lowest BCUT2D eigenvalue weighted by Crippen LogP contribution is -2.27. The quantitative estimate of drug-likeness (QED) is 0.458. The van der Waals surface area contributed by atoms with E-state index in [1.54, 1.807) is 31.6 Å². The number of nitrogens with zero attached hydrogens (tertiary/aromatic N) is 5. The minimum atomic E-state index is -0.383. The zero-order valence-corrected chi connectivity index (χ0v) is 18.1. The largest absolute Gasteiger partial charge is 0.472 e. The molecule has 0 radical (unpaired) electrons. The van der Waals surface area contributed by atoms with E-state index in [0.29, 0.717) is 17.1 Å². The first-order chi connectivity index (χ1) is 15.6. The second-order valence-electron chi connectivity index (χ2n) is 8.04. The molecule has 1 aliphatic rings. The van der Waals surface area contributed by atoms with Crippen LogP contribution in [0, 0.1) is 12.7 Å². The standard InChI is InChI=1S/C23H25FN6O2/c1-3-25-19-12-18-17(13-28-19)21(23-27-10-11-31-23)29-30(18)15-4-6-16(7-5-15)32-22-20(24)14(2)8-9-26-22/h8-13,15-16H,3-7H2,1-2H3,(H,25,28). The van der Waals surface area contributed by atoms with Crippen molar-refractivity contribution in [3.05, 3.63) is 48.4 Å². The minimum absolute atomic E-state index is 0.0675. The number of fused-ring (bicyclic) bond motifs is 1. The number of aromatic nitrogens is 5. The number of hydrogen-bond donors (Lipinski definition) is 1. The fraction of sp³-hybridized carbons (Fsp3) is 0.391. The molecule has 9 heteroatoms. The topological polar surface area (TPSA) is 90.9 Å². The van der Waals surface area contributed by atoms with Gasteiger partial charge in [-0.05, 0) is 51.2 Å². The first kappa shape index (κ1) is 20.4. The molecule has 1 saturated carbocycles. The van der Waals surface area contributed by atoms with Crippen LogP contribution in [0.4, 0.5) is 10.2 Å². The molecule has 0 atom stereocenters. The van der Waals surface area contributed by atoms with Gasteiger partial charge >= 0.3 is 0 Å². The molecule has 0 saturated heterocycles. The minimum Gasteiger partial charge on any atom is -0.472 e. The predicted octanol–water partition coefficient (Wildman–Crippen LogP) is 4.92. The summed E-state index contributed by atoms with van der Waals surface area (Å²) in [4.78, 5) is 12.8. The molecule has 0 bridgehead atoms. The van der Waals surface area contributed by atoms with Gasteiger partial charge in [0, 0.05) is 25.0 Å². The molecule has 1 N–H and O–H groups in total. The van der Waals surface area contributed by atoms with Crippen molar-refractivity contribution >= 4 is 16.7 Å². The molecule has 0 unspecified atom stereocenters. The highest BCUT2D eigenvalue weighted by Crippen LogP contribution is 2.36. The molecule has 1 fully saturated rings. The molecular formula is C23H25FN6O2. The molecule has 4 aromatic rings. The van der Waals surface area contributed by atoms with Gasteiger partial charge in [-0.15, -0.1) is 0 Å². The lowest BCUT2D eigenvalue weighted by molar-refractivity contribution is 0.120. The highest BCUT2D eigenvalue weighted by Gasteiger charge is 2.28. The first-order valence-corrected chi connectivity index (χ1v) is 10.9. The summed E-state index contributed by atoms with van der Waals surface area (Å²) >= 11 is 0. The maximum absolute atomic E-state index is 14.3. The molecule has 0 aromatic carbocycles. The summed E-state index contributed by atoms with van der Waals surface area (Å²) in [7, 11) is 0. The number of hydrogen-bond acceptors (Lipinski definition) is 7. The van der Waals surface area contributed by atoms with Gasteiger partial charge in [0.2, 0.25) is 5.89 Å². The fourth-order valence-electron chi connectivity index (χ4n) is 4.25. The Labute approximate surface area is 184 Å². The van der Waals surface area contributed by atoms with E-state index in [1.807, 2.05) is 19.2 Å². The van der Waals surface area contributed by atoms with Crippen LogP contribution in [0.3, 0.4) is 0 Å². The van der Waals surface area contributed by atoms with E-state index >= 15 is 0 Å². The normalized spacial score (nSPS) is 18.7. The average Bonchev–Trinajstić information content (AvgIpc) is 3.46. The summed E-state index contributed by atoms with van der Waals surface area (Å²) in [5, 5.41) is 9.04. The third-order valence-electron chi connectivity index (χ3n) is 5.90. The van der Waals surface area contributed by atoms with Gasteiger partial charge in [0.15, 0.2) is 11.5 Å². The van der Waals surface area contributed by atoms with Crippen LogP contribution < -0.4 is 10.1 Å². The monoisotopic (exact) mass is 436 g/mol. The van der Waals surface area contributed by atoms with Crippen molar-refractivity contribution in [2.75, 3.05) is 11.9 Å². The van der Waals surface area contributed by atoms with E-state index in [9.17, 15) is 4.39 Å². The highest BCUT2D eigenvalue weighted by molar-refractivity contribution is 5.92. The maximum Gasteiger partial charge on any atom is 0.250 e. The summed E-state index contributed by atoms with van der Waals surface area (Å²) in [6.07, 6.45) is 9.79. The van der Waals surface area contributed by atoms with E-state index in [4.69, 9.17) is 14.3 Å². The molecule has 166 valence electrons. The van der Waals surface area contributed by atoms with E-state index < -0.39 is 0 Å². The molecule has 5 rings (SSSR count). The van der Waals surface area contributed by atoms with Crippen molar-refractivity contribution in [1.29, 1.82) is 0 Å². The Morgan fingerprint density at radius 3 is 2.78 bits per heavy atom. The average molecular weight is 436 g/mol. The van der Waals surface area contributed by atoms with Crippen molar-refractivity contribution in [2.24, 2.45) is 0 Å². The number of aryl methyl sites for hydroxylation is 1. The molecule has 0 aliphatic heterocycles. The Balaban J connectivity index is 1.40. The van der Waals surface area contributed by atoms with Gasteiger partial charge in [0.05, 0.1) is 23.1 Å². The lowest BCUT2D eigenvalue weighted by Gasteiger charge is -2.29. The Morgan fingerprint density at radius 1 is 1.19 bits per heavy atom. The molecule has 4 heterocycles. The zero-order valence-electron chi connectivity index (χ0n) is 18.1. The summed E-state index contributed by atoms with van der Waals surface area (Å²) in [6.45, 7) is 4.53. The number of anilines is 1. The van der Waals surface area contributed by atoms with Gasteiger partial charge in [-0.25, -0.2) is 19.3 Å². The maximum atomic E-state index is 14.3. The van der Waals surface area contributed by atoms with Crippen molar-refractivity contribution in [3.63, 3.8) is 0 Å². The van der Waals surface area contributed by atoms with Crippen LogP contribution in [0.25, 0.3) is 22.5 Å². The highest BCUT2D eigenvalue weighted by atomic mass is 19.1. The van der Waals surface area contributed by atoms with Gasteiger partial charge in [-0.2, -0.15) is 5.10 Å². The lowest BCUT2D eigenvalue weighted by atomic mass is 9.93. The van der Waals surface area contributed by atoms with Crippen molar-refractivity contribution in [3.8, 4) is 17.5 Å². The first-order valence-electron chi connectivity index (χ1n) is 10.9. The number of halogens is 1. The van der Waals surface area contributed by atoms with Crippen molar-refractivity contribution in [2.45, 2.75) is 51.7 Å². The van der Waals surface area contributed by atoms with Crippen molar-refractivity contribution in [1.82, 2.24) is 24.7 Å². The van der Waals surface area contributed by atoms with Gasteiger partial charge < -0.3 is 14.5 Å². The Morgan fingerprint density at radius 2 is 2.03 bits per heavy atom. The van der Waals surface area contributed by atoms with Crippen LogP contribution >= 0.6 is 0 Å². The third kappa shape index (κ3) is 3.79. The van der Waals surface area contributed by atoms with Crippen LogP contribution in [0.1, 0.15) is 44.2 Å². The number of nitrogens with one attached hydrogen (secondary N) is 1. The van der Waals surface area contributed by atoms with Crippen molar-refractivity contribution < 1.29 is 13.5 Å². The Bertz CT molecular complexity index is 1210. The smallest absolute Gasteiger partial charge is 0.250 e. The number of oxazole rings is 1. The second-order valence-corrected chi connectivity index (χ2v) is 8.04. The van der Waals surface area contributed by atoms with Crippen LogP contribution in [0.2, 0.25) is 0 Å². The van der Waals surface area contributed by atoms with E-state index in [-0.39, 0.29) is 23.8 Å². The van der Waals surface area contributed by atoms with Gasteiger partial charge in [0.25, 0.3) is 5.88 Å². The molecular weight excluding hydrogens is 411 g/mol. The Kier molecular flexibility index (Phi) is 5.46. The summed E-state index contributed by atoms with van der Waals surface area (Å²) in [5.41, 5.74) is 2.21. The van der Waals surface area contributed by atoms with Crippen LogP contribution in [0.15, 0.2) is 41.4 Å². The van der Waals surface area contributed by atoms with Gasteiger partial charge in [0.1, 0.15) is 18.2 Å². The van der Waals surface area contributed by atoms with E-state index in [1.165, 1.54) is 0 Å². The summed E-state index contributed by atoms with van der Waals surface area (Å²) < 4.78 is 27.7. The van der Waals surface area contributed by atoms with Crippen LogP contribution in [0.5, 0.6) is 5.88 Å². The molecule has 1 aliphatic carbocycles. The molecule has 4 aromatic heterocycles. The molecule has 32 heavy (non-hydrogen) atoms. The molecule has 8 nitrogen and oxygen atoms in total. The third-order valence-corrected chi connectivity index (χ3v) is 5.90. The SMILES string of the molecule is CCNc1cc2c(cn1)c(-c1ncco1)nn2C1CCC(Oc2nccc(C)c2F)CC1. The molecule has 0 spiro atoms. The Hall–Kier alpha value is -3.49. The zero-order chi connectivity index (χ0) is 22.1. The van der Waals surface area contributed by atoms with Gasteiger partial charge in [-0.3, -0.25) is 4.68 Å². The van der Waals surface area contributed by atoms with Crippen LogP contribution in [-0.4, -0.2) is 37.4 Å². The number of ether oxygens (including phenoxy) is 1. The molecule has 0 amide bonds. The summed E-state index contributed by atoms with van der Waals surface area (Å²) in [5.74, 6) is 0.986. The van der Waals surface area contributed by atoms with Crippen LogP contribution in [-0.2, 0) is 0 Å².